The Hall–Kier alpha value is -2.84. The van der Waals surface area contributed by atoms with Crippen molar-refractivity contribution in [2.45, 2.75) is 32.5 Å². The van der Waals surface area contributed by atoms with Gasteiger partial charge in [0.2, 0.25) is 0 Å². The second-order valence-corrected chi connectivity index (χ2v) is 7.63. The molecule has 3 aromatic rings. The van der Waals surface area contributed by atoms with Crippen LogP contribution in [0.3, 0.4) is 0 Å². The molecule has 2 aromatic heterocycles. The molecule has 1 fully saturated rings. The summed E-state index contributed by atoms with van der Waals surface area (Å²) < 4.78 is 15.1. The number of rotatable bonds is 7. The molecule has 3 heterocycles. The van der Waals surface area contributed by atoms with Crippen molar-refractivity contribution < 1.29 is 9.50 Å². The Balaban J connectivity index is 1.38. The minimum atomic E-state index is -0.358. The Bertz CT molecular complexity index is 952. The van der Waals surface area contributed by atoms with E-state index in [1.807, 2.05) is 24.0 Å². The zero-order valence-electron chi connectivity index (χ0n) is 17.2. The van der Waals surface area contributed by atoms with Crippen LogP contribution in [0.15, 0.2) is 49.1 Å². The van der Waals surface area contributed by atoms with Crippen LogP contribution in [0, 0.1) is 5.82 Å². The van der Waals surface area contributed by atoms with Gasteiger partial charge in [0.05, 0.1) is 18.8 Å². The van der Waals surface area contributed by atoms with E-state index in [-0.39, 0.29) is 11.9 Å². The standard InChI is InChI=1S/C22H27FN6O/c1-2-20(30)16-29-15-17(13-26-29)14-27-9-11-28(12-10-27)22-21(24-7-8-25-22)18-3-5-19(23)6-4-18/h3-8,13,15,20,30H,2,9-12,14,16H2,1H3/t20-/m1/s1. The van der Waals surface area contributed by atoms with Gasteiger partial charge in [-0.15, -0.1) is 0 Å². The van der Waals surface area contributed by atoms with Gasteiger partial charge in [-0.1, -0.05) is 6.92 Å². The molecule has 1 saturated heterocycles. The minimum absolute atomic E-state index is 0.259. The first-order chi connectivity index (χ1) is 14.6. The molecule has 0 unspecified atom stereocenters. The molecule has 0 saturated carbocycles. The number of halogens is 1. The third-order valence-corrected chi connectivity index (χ3v) is 5.43. The number of aromatic nitrogens is 4. The first-order valence-electron chi connectivity index (χ1n) is 10.4. The smallest absolute Gasteiger partial charge is 0.155 e. The maximum atomic E-state index is 13.3. The molecule has 8 heteroatoms. The highest BCUT2D eigenvalue weighted by molar-refractivity contribution is 5.72. The van der Waals surface area contributed by atoms with E-state index in [0.29, 0.717) is 6.54 Å². The monoisotopic (exact) mass is 410 g/mol. The van der Waals surface area contributed by atoms with Gasteiger partial charge in [0.15, 0.2) is 5.82 Å². The Morgan fingerprint density at radius 2 is 1.80 bits per heavy atom. The lowest BCUT2D eigenvalue weighted by Gasteiger charge is -2.35. The number of hydrogen-bond donors (Lipinski definition) is 1. The quantitative estimate of drug-likeness (QED) is 0.646. The first-order valence-corrected chi connectivity index (χ1v) is 10.4. The van der Waals surface area contributed by atoms with Crippen molar-refractivity contribution in [3.63, 3.8) is 0 Å². The number of benzene rings is 1. The topological polar surface area (TPSA) is 70.3 Å². The van der Waals surface area contributed by atoms with Crippen molar-refractivity contribution in [1.29, 1.82) is 0 Å². The number of anilines is 1. The predicted octanol–water partition coefficient (Wildman–Crippen LogP) is 2.57. The molecule has 1 atom stereocenters. The van der Waals surface area contributed by atoms with Gasteiger partial charge < -0.3 is 10.0 Å². The van der Waals surface area contributed by atoms with Crippen LogP contribution in [0.2, 0.25) is 0 Å². The van der Waals surface area contributed by atoms with E-state index in [2.05, 4.69) is 24.9 Å². The van der Waals surface area contributed by atoms with Crippen LogP contribution in [0.25, 0.3) is 11.3 Å². The molecule has 4 rings (SSSR count). The van der Waals surface area contributed by atoms with Crippen molar-refractivity contribution in [3.05, 3.63) is 60.4 Å². The summed E-state index contributed by atoms with van der Waals surface area (Å²) in [6, 6.07) is 6.38. The maximum absolute atomic E-state index is 13.3. The van der Waals surface area contributed by atoms with Crippen LogP contribution < -0.4 is 4.90 Å². The minimum Gasteiger partial charge on any atom is -0.391 e. The van der Waals surface area contributed by atoms with Gasteiger partial charge >= 0.3 is 0 Å². The van der Waals surface area contributed by atoms with E-state index in [1.165, 1.54) is 12.1 Å². The van der Waals surface area contributed by atoms with Crippen LogP contribution in [-0.2, 0) is 13.1 Å². The van der Waals surface area contributed by atoms with Crippen molar-refractivity contribution >= 4 is 5.82 Å². The van der Waals surface area contributed by atoms with Gasteiger partial charge in [-0.3, -0.25) is 14.6 Å². The maximum Gasteiger partial charge on any atom is 0.155 e. The fourth-order valence-corrected chi connectivity index (χ4v) is 3.68. The molecule has 0 spiro atoms. The summed E-state index contributed by atoms with van der Waals surface area (Å²) in [7, 11) is 0. The molecule has 1 aliphatic rings. The van der Waals surface area contributed by atoms with Gasteiger partial charge in [0, 0.05) is 62.4 Å². The summed E-state index contributed by atoms with van der Waals surface area (Å²) in [5.41, 5.74) is 2.79. The molecular formula is C22H27FN6O. The lowest BCUT2D eigenvalue weighted by Crippen LogP contribution is -2.46. The molecule has 0 radical (unpaired) electrons. The van der Waals surface area contributed by atoms with Crippen molar-refractivity contribution in [2.24, 2.45) is 0 Å². The molecule has 1 aliphatic heterocycles. The highest BCUT2D eigenvalue weighted by Crippen LogP contribution is 2.27. The lowest BCUT2D eigenvalue weighted by molar-refractivity contribution is 0.145. The van der Waals surface area contributed by atoms with E-state index in [1.54, 1.807) is 24.5 Å². The average Bonchev–Trinajstić information content (AvgIpc) is 3.21. The van der Waals surface area contributed by atoms with Crippen molar-refractivity contribution in [2.75, 3.05) is 31.1 Å². The molecule has 7 nitrogen and oxygen atoms in total. The molecule has 158 valence electrons. The summed E-state index contributed by atoms with van der Waals surface area (Å²) in [6.07, 6.45) is 7.63. The Morgan fingerprint density at radius 3 is 2.53 bits per heavy atom. The second-order valence-electron chi connectivity index (χ2n) is 7.63. The van der Waals surface area contributed by atoms with Crippen LogP contribution in [0.5, 0.6) is 0 Å². The number of aliphatic hydroxyl groups is 1. The predicted molar refractivity (Wildman–Crippen MR) is 113 cm³/mol. The summed E-state index contributed by atoms with van der Waals surface area (Å²) in [5, 5.41) is 14.1. The van der Waals surface area contributed by atoms with Crippen LogP contribution in [0.4, 0.5) is 10.2 Å². The zero-order chi connectivity index (χ0) is 20.9. The molecule has 30 heavy (non-hydrogen) atoms. The third kappa shape index (κ3) is 4.83. The number of aliphatic hydroxyl groups excluding tert-OH is 1. The van der Waals surface area contributed by atoms with Crippen molar-refractivity contribution in [1.82, 2.24) is 24.6 Å². The molecule has 0 aliphatic carbocycles. The number of hydrogen-bond acceptors (Lipinski definition) is 6. The highest BCUT2D eigenvalue weighted by atomic mass is 19.1. The molecular weight excluding hydrogens is 383 g/mol. The summed E-state index contributed by atoms with van der Waals surface area (Å²) in [6.45, 7) is 6.83. The Kier molecular flexibility index (Phi) is 6.35. The van der Waals surface area contributed by atoms with Crippen molar-refractivity contribution in [3.8, 4) is 11.3 Å². The van der Waals surface area contributed by atoms with E-state index < -0.39 is 0 Å². The van der Waals surface area contributed by atoms with E-state index in [9.17, 15) is 9.50 Å². The summed E-state index contributed by atoms with van der Waals surface area (Å²) in [4.78, 5) is 13.7. The first kappa shape index (κ1) is 20.4. The molecule has 1 N–H and O–H groups in total. The van der Waals surface area contributed by atoms with Gasteiger partial charge in [-0.2, -0.15) is 5.10 Å². The number of piperazine rings is 1. The van der Waals surface area contributed by atoms with Crippen LogP contribution >= 0.6 is 0 Å². The average molecular weight is 410 g/mol. The van der Waals surface area contributed by atoms with E-state index in [0.717, 1.165) is 61.8 Å². The zero-order valence-corrected chi connectivity index (χ0v) is 17.2. The normalized spacial score (nSPS) is 16.0. The van der Waals surface area contributed by atoms with Crippen LogP contribution in [0.1, 0.15) is 18.9 Å². The number of nitrogens with zero attached hydrogens (tertiary/aromatic N) is 6. The van der Waals surface area contributed by atoms with E-state index >= 15 is 0 Å². The van der Waals surface area contributed by atoms with Crippen LogP contribution in [-0.4, -0.2) is 62.0 Å². The van der Waals surface area contributed by atoms with Gasteiger partial charge in [0.25, 0.3) is 0 Å². The van der Waals surface area contributed by atoms with Gasteiger partial charge in [-0.05, 0) is 30.7 Å². The molecule has 0 bridgehead atoms. The van der Waals surface area contributed by atoms with E-state index in [4.69, 9.17) is 0 Å². The lowest BCUT2D eigenvalue weighted by atomic mass is 10.1. The van der Waals surface area contributed by atoms with Gasteiger partial charge in [0.1, 0.15) is 11.5 Å². The summed E-state index contributed by atoms with van der Waals surface area (Å²) in [5.74, 6) is 0.579. The Morgan fingerprint density at radius 1 is 1.07 bits per heavy atom. The molecule has 1 aromatic carbocycles. The highest BCUT2D eigenvalue weighted by Gasteiger charge is 2.22. The SMILES string of the molecule is CC[C@@H](O)Cn1cc(CN2CCN(c3nccnc3-c3ccc(F)cc3)CC2)cn1. The largest absolute Gasteiger partial charge is 0.391 e. The fraction of sp³-hybridized carbons (Fsp3) is 0.409. The van der Waals surface area contributed by atoms with Gasteiger partial charge in [-0.25, -0.2) is 9.37 Å². The molecule has 0 amide bonds. The summed E-state index contributed by atoms with van der Waals surface area (Å²) >= 11 is 0. The third-order valence-electron chi connectivity index (χ3n) is 5.43. The second kappa shape index (κ2) is 9.32. The fourth-order valence-electron chi connectivity index (χ4n) is 3.68. The Labute approximate surface area is 175 Å².